The van der Waals surface area contributed by atoms with Crippen LogP contribution in [0.3, 0.4) is 0 Å². The Morgan fingerprint density at radius 1 is 1.29 bits per heavy atom. The molecule has 1 amide bonds. The normalized spacial score (nSPS) is 9.81. The van der Waals surface area contributed by atoms with Gasteiger partial charge in [-0.1, -0.05) is 12.8 Å². The van der Waals surface area contributed by atoms with E-state index in [0.29, 0.717) is 24.3 Å². The summed E-state index contributed by atoms with van der Waals surface area (Å²) in [5, 5.41) is 2.82. The Bertz CT molecular complexity index is 434. The van der Waals surface area contributed by atoms with Crippen molar-refractivity contribution in [3.05, 3.63) is 23.7 Å². The van der Waals surface area contributed by atoms with Gasteiger partial charge in [-0.05, 0) is 18.9 Å². The van der Waals surface area contributed by atoms with Crippen LogP contribution in [-0.2, 0) is 16.1 Å². The minimum absolute atomic E-state index is 0. The molecule has 0 unspecified atom stereocenters. The summed E-state index contributed by atoms with van der Waals surface area (Å²) >= 11 is 0. The summed E-state index contributed by atoms with van der Waals surface area (Å²) in [4.78, 5) is 22.6. The third-order valence-corrected chi connectivity index (χ3v) is 2.94. The average Bonchev–Trinajstić information content (AvgIpc) is 2.94. The van der Waals surface area contributed by atoms with Crippen molar-refractivity contribution in [3.8, 4) is 0 Å². The number of carbonyl (C=O) groups is 2. The van der Waals surface area contributed by atoms with E-state index >= 15 is 0 Å². The highest BCUT2D eigenvalue weighted by molar-refractivity contribution is 5.93. The fraction of sp³-hybridized carbons (Fsp3) is 0.571. The second-order valence-electron chi connectivity index (χ2n) is 4.50. The topological polar surface area (TPSA) is 94.6 Å². The summed E-state index contributed by atoms with van der Waals surface area (Å²) in [5.74, 6) is 0.273. The predicted molar refractivity (Wildman–Crippen MR) is 81.3 cm³/mol. The Hall–Kier alpha value is -1.53. The molecule has 0 atom stereocenters. The second kappa shape index (κ2) is 11.2. The maximum Gasteiger partial charge on any atom is 0.305 e. The van der Waals surface area contributed by atoms with E-state index in [2.05, 4.69) is 10.1 Å². The Labute approximate surface area is 130 Å². The van der Waals surface area contributed by atoms with Crippen LogP contribution in [0, 0.1) is 0 Å². The number of nitrogens with one attached hydrogen (secondary N) is 1. The third kappa shape index (κ3) is 7.72. The van der Waals surface area contributed by atoms with Gasteiger partial charge in [0.2, 0.25) is 0 Å². The number of carbonyl (C=O) groups excluding carboxylic acids is 2. The Balaban J connectivity index is 0.00000400. The molecule has 1 aromatic heterocycles. The first-order valence-electron chi connectivity index (χ1n) is 6.80. The summed E-state index contributed by atoms with van der Waals surface area (Å²) < 4.78 is 9.65. The molecular formula is C14H23ClN2O4. The summed E-state index contributed by atoms with van der Waals surface area (Å²) in [6, 6.07) is 1.64. The molecule has 0 aliphatic rings. The fourth-order valence-corrected chi connectivity index (χ4v) is 1.76. The molecule has 0 aliphatic heterocycles. The van der Waals surface area contributed by atoms with Crippen LogP contribution in [0.15, 0.2) is 16.7 Å². The van der Waals surface area contributed by atoms with Crippen LogP contribution in [0.4, 0.5) is 0 Å². The van der Waals surface area contributed by atoms with E-state index in [4.69, 9.17) is 10.2 Å². The van der Waals surface area contributed by atoms with E-state index in [1.807, 2.05) is 0 Å². The average molecular weight is 319 g/mol. The predicted octanol–water partition coefficient (Wildman–Crippen LogP) is 2.01. The van der Waals surface area contributed by atoms with Gasteiger partial charge in [-0.25, -0.2) is 0 Å². The van der Waals surface area contributed by atoms with Gasteiger partial charge in [0.25, 0.3) is 5.91 Å². The summed E-state index contributed by atoms with van der Waals surface area (Å²) in [7, 11) is 1.39. The largest absolute Gasteiger partial charge is 0.469 e. The van der Waals surface area contributed by atoms with E-state index in [1.54, 1.807) is 6.07 Å². The van der Waals surface area contributed by atoms with Gasteiger partial charge in [-0.15, -0.1) is 12.4 Å². The lowest BCUT2D eigenvalue weighted by Gasteiger charge is -2.03. The number of halogens is 1. The van der Waals surface area contributed by atoms with Gasteiger partial charge in [-0.3, -0.25) is 9.59 Å². The maximum absolute atomic E-state index is 11.7. The number of nitrogens with two attached hydrogens (primary N) is 1. The molecule has 1 rings (SSSR count). The van der Waals surface area contributed by atoms with Crippen LogP contribution in [0.25, 0.3) is 0 Å². The molecule has 0 saturated heterocycles. The minimum atomic E-state index is -0.172. The van der Waals surface area contributed by atoms with Crippen molar-refractivity contribution in [3.63, 3.8) is 0 Å². The Morgan fingerprint density at radius 3 is 2.62 bits per heavy atom. The molecule has 21 heavy (non-hydrogen) atoms. The zero-order valence-corrected chi connectivity index (χ0v) is 13.0. The number of furan rings is 1. The first-order chi connectivity index (χ1) is 9.67. The highest BCUT2D eigenvalue weighted by atomic mass is 35.5. The molecule has 6 nitrogen and oxygen atoms in total. The van der Waals surface area contributed by atoms with E-state index in [1.165, 1.54) is 13.4 Å². The van der Waals surface area contributed by atoms with Crippen molar-refractivity contribution in [2.45, 2.75) is 38.6 Å². The van der Waals surface area contributed by atoms with Gasteiger partial charge in [0.15, 0.2) is 0 Å². The van der Waals surface area contributed by atoms with Crippen LogP contribution in [-0.4, -0.2) is 25.5 Å². The zero-order valence-electron chi connectivity index (χ0n) is 12.2. The second-order valence-corrected chi connectivity index (χ2v) is 4.50. The Kier molecular flexibility index (Phi) is 10.4. The van der Waals surface area contributed by atoms with Gasteiger partial charge < -0.3 is 20.2 Å². The zero-order chi connectivity index (χ0) is 14.8. The van der Waals surface area contributed by atoms with Crippen molar-refractivity contribution in [1.82, 2.24) is 5.32 Å². The minimum Gasteiger partial charge on any atom is -0.469 e. The molecule has 7 heteroatoms. The van der Waals surface area contributed by atoms with Crippen molar-refractivity contribution in [1.29, 1.82) is 0 Å². The highest BCUT2D eigenvalue weighted by Crippen LogP contribution is 2.07. The van der Waals surface area contributed by atoms with Crippen LogP contribution in [0.5, 0.6) is 0 Å². The van der Waals surface area contributed by atoms with Crippen LogP contribution in [0.2, 0.25) is 0 Å². The highest BCUT2D eigenvalue weighted by Gasteiger charge is 2.08. The van der Waals surface area contributed by atoms with E-state index in [9.17, 15) is 9.59 Å². The van der Waals surface area contributed by atoms with E-state index in [-0.39, 0.29) is 30.8 Å². The lowest BCUT2D eigenvalue weighted by Crippen LogP contribution is -2.23. The van der Waals surface area contributed by atoms with Gasteiger partial charge in [-0.2, -0.15) is 0 Å². The fourth-order valence-electron chi connectivity index (χ4n) is 1.76. The Morgan fingerprint density at radius 2 is 2.00 bits per heavy atom. The maximum atomic E-state index is 11.7. The molecular weight excluding hydrogens is 296 g/mol. The smallest absolute Gasteiger partial charge is 0.305 e. The summed E-state index contributed by atoms with van der Waals surface area (Å²) in [6.07, 6.45) is 5.50. The molecule has 0 aliphatic carbocycles. The number of unbranched alkanes of at least 4 members (excludes halogenated alkanes) is 3. The molecule has 0 spiro atoms. The molecule has 0 saturated carbocycles. The van der Waals surface area contributed by atoms with E-state index < -0.39 is 0 Å². The molecule has 0 fully saturated rings. The quantitative estimate of drug-likeness (QED) is 0.536. The molecule has 1 heterocycles. The molecule has 1 aromatic rings. The number of hydrogen-bond donors (Lipinski definition) is 2. The standard InChI is InChI=1S/C14H22N2O4.ClH/c1-19-13(17)6-4-2-3-5-7-16-14(18)11-8-12(9-15)20-10-11;/h8,10H,2-7,9,15H2,1H3,(H,16,18);1H. The third-order valence-electron chi connectivity index (χ3n) is 2.94. The van der Waals surface area contributed by atoms with E-state index in [0.717, 1.165) is 25.7 Å². The monoisotopic (exact) mass is 318 g/mol. The van der Waals surface area contributed by atoms with Crippen LogP contribution >= 0.6 is 12.4 Å². The van der Waals surface area contributed by atoms with Crippen LogP contribution in [0.1, 0.15) is 48.2 Å². The van der Waals surface area contributed by atoms with Gasteiger partial charge >= 0.3 is 5.97 Å². The van der Waals surface area contributed by atoms with Crippen LogP contribution < -0.4 is 11.1 Å². The molecule has 0 aromatic carbocycles. The SMILES string of the molecule is COC(=O)CCCCCCNC(=O)c1coc(CN)c1.Cl. The molecule has 0 bridgehead atoms. The number of hydrogen-bond acceptors (Lipinski definition) is 5. The summed E-state index contributed by atoms with van der Waals surface area (Å²) in [5.41, 5.74) is 5.90. The van der Waals surface area contributed by atoms with Gasteiger partial charge in [0.05, 0.1) is 19.2 Å². The lowest BCUT2D eigenvalue weighted by atomic mass is 10.1. The number of methoxy groups -OCH3 is 1. The van der Waals surface area contributed by atoms with Crippen molar-refractivity contribution in [2.24, 2.45) is 5.73 Å². The number of esters is 1. The molecule has 0 radical (unpaired) electrons. The molecule has 120 valence electrons. The first-order valence-corrected chi connectivity index (χ1v) is 6.80. The van der Waals surface area contributed by atoms with Gasteiger partial charge in [0, 0.05) is 13.0 Å². The summed E-state index contributed by atoms with van der Waals surface area (Å²) in [6.45, 7) is 0.896. The van der Waals surface area contributed by atoms with Gasteiger partial charge in [0.1, 0.15) is 12.0 Å². The molecule has 3 N–H and O–H groups in total. The number of amides is 1. The van der Waals surface area contributed by atoms with Crippen molar-refractivity contribution >= 4 is 24.3 Å². The number of rotatable bonds is 9. The number of ether oxygens (including phenoxy) is 1. The van der Waals surface area contributed by atoms with Crippen molar-refractivity contribution in [2.75, 3.05) is 13.7 Å². The first kappa shape index (κ1) is 19.5. The van der Waals surface area contributed by atoms with Crippen molar-refractivity contribution < 1.29 is 18.7 Å². The lowest BCUT2D eigenvalue weighted by molar-refractivity contribution is -0.140.